The predicted octanol–water partition coefficient (Wildman–Crippen LogP) is 4.87. The van der Waals surface area contributed by atoms with Crippen LogP contribution in [-0.4, -0.2) is 139 Å². The average molecular weight is 1330 g/mol. The Hall–Kier alpha value is -10.0. The number of fused-ring (bicyclic) bond motifs is 1. The molecule has 0 radical (unpaired) electrons. The van der Waals surface area contributed by atoms with Gasteiger partial charge in [0.15, 0.2) is 0 Å². The molecule has 24 heteroatoms. The van der Waals surface area contributed by atoms with Gasteiger partial charge < -0.3 is 68.0 Å². The molecular weight excluding hydrogens is 1240 g/mol. The second-order valence-electron chi connectivity index (χ2n) is 26.0. The van der Waals surface area contributed by atoms with Crippen molar-refractivity contribution in [3.63, 3.8) is 0 Å². The van der Waals surface area contributed by atoms with Gasteiger partial charge in [-0.05, 0) is 112 Å². The number of benzene rings is 6. The largest absolute Gasteiger partial charge is 0.492 e. The van der Waals surface area contributed by atoms with Crippen molar-refractivity contribution >= 4 is 70.0 Å². The normalized spacial score (nSPS) is 14.5. The Morgan fingerprint density at radius 3 is 1.66 bits per heavy atom. The second-order valence-corrected chi connectivity index (χ2v) is 26.0. The number of Topliss-reactive ketones (excluding diaryl/α,β-unsaturated/α-hetero) is 1. The van der Waals surface area contributed by atoms with E-state index in [1.807, 2.05) is 146 Å². The maximum absolute atomic E-state index is 15.3. The summed E-state index contributed by atoms with van der Waals surface area (Å²) in [5.41, 5.74) is 16.8. The number of esters is 1. The topological polar surface area (TPSA) is 370 Å². The molecule has 1 heterocycles. The Morgan fingerprint density at radius 1 is 0.557 bits per heavy atom. The Balaban J connectivity index is 1.14. The lowest BCUT2D eigenvalue weighted by Crippen LogP contribution is -2.66. The van der Waals surface area contributed by atoms with E-state index < -0.39 is 144 Å². The van der Waals surface area contributed by atoms with Crippen LogP contribution in [0.4, 0.5) is 4.79 Å². The van der Waals surface area contributed by atoms with Crippen molar-refractivity contribution in [1.82, 2.24) is 37.2 Å². The van der Waals surface area contributed by atoms with Gasteiger partial charge in [-0.25, -0.2) is 4.79 Å². The molecule has 6 aromatic carbocycles. The fourth-order valence-corrected chi connectivity index (χ4v) is 11.2. The molecule has 1 aliphatic heterocycles. The highest BCUT2D eigenvalue weighted by Gasteiger charge is 2.45. The zero-order chi connectivity index (χ0) is 70.3. The van der Waals surface area contributed by atoms with Gasteiger partial charge in [0, 0.05) is 45.3 Å². The van der Waals surface area contributed by atoms with Crippen LogP contribution in [0.5, 0.6) is 5.75 Å². The van der Waals surface area contributed by atoms with Crippen molar-refractivity contribution in [2.45, 2.75) is 152 Å². The molecule has 1 aliphatic rings. The number of alkyl carbamates (subject to hydrolysis) is 1. The molecule has 0 saturated carbocycles. The van der Waals surface area contributed by atoms with E-state index in [0.29, 0.717) is 17.7 Å². The molecule has 1 fully saturated rings. The summed E-state index contributed by atoms with van der Waals surface area (Å²) in [4.78, 5) is 139. The molecule has 7 rings (SSSR count). The summed E-state index contributed by atoms with van der Waals surface area (Å²) in [6.07, 6.45) is -2.73. The number of amides is 8. The van der Waals surface area contributed by atoms with Crippen LogP contribution in [0, 0.1) is 0 Å². The molecule has 24 nitrogen and oxygen atoms in total. The molecule has 97 heavy (non-hydrogen) atoms. The van der Waals surface area contributed by atoms with Crippen LogP contribution in [-0.2, 0) is 75.7 Å². The monoisotopic (exact) mass is 1330 g/mol. The number of rotatable bonds is 33. The van der Waals surface area contributed by atoms with Gasteiger partial charge in [0.2, 0.25) is 41.4 Å². The highest BCUT2D eigenvalue weighted by molar-refractivity contribution is 6.00. The van der Waals surface area contributed by atoms with Crippen LogP contribution in [0.25, 0.3) is 10.8 Å². The number of hydrogen-bond acceptors (Lipinski definition) is 16. The zero-order valence-corrected chi connectivity index (χ0v) is 55.7. The number of ketones is 1. The summed E-state index contributed by atoms with van der Waals surface area (Å²) in [6.45, 7) is 10.1. The molecule has 0 aromatic heterocycles. The molecule has 0 aliphatic carbocycles. The quantitative estimate of drug-likeness (QED) is 0.0149. The van der Waals surface area contributed by atoms with Gasteiger partial charge >= 0.3 is 12.1 Å². The number of nitrogens with one attached hydrogen (secondary N) is 7. The second kappa shape index (κ2) is 34.6. The minimum atomic E-state index is -1.83. The van der Waals surface area contributed by atoms with E-state index in [1.54, 1.807) is 53.7 Å². The third-order valence-corrected chi connectivity index (χ3v) is 16.1. The summed E-state index contributed by atoms with van der Waals surface area (Å²) >= 11 is 0. The lowest BCUT2D eigenvalue weighted by Gasteiger charge is -2.38. The Kier molecular flexibility index (Phi) is 26.5. The van der Waals surface area contributed by atoms with Gasteiger partial charge in [-0.2, -0.15) is 0 Å². The third-order valence-electron chi connectivity index (χ3n) is 16.1. The number of primary amides is 2. The smallest absolute Gasteiger partial charge is 0.407 e. The van der Waals surface area contributed by atoms with Crippen LogP contribution in [0.1, 0.15) is 114 Å². The van der Waals surface area contributed by atoms with E-state index >= 15 is 14.4 Å². The number of hydrogen-bond donors (Lipinski definition) is 10. The van der Waals surface area contributed by atoms with E-state index in [4.69, 9.17) is 36.1 Å². The highest BCUT2D eigenvalue weighted by Crippen LogP contribution is 2.37. The van der Waals surface area contributed by atoms with Crippen LogP contribution >= 0.6 is 0 Å². The molecule has 13 N–H and O–H groups in total. The number of aryl methyl sites for hydroxylation is 1. The first-order valence-corrected chi connectivity index (χ1v) is 32.4. The molecule has 0 unspecified atom stereocenters. The fourth-order valence-electron chi connectivity index (χ4n) is 11.2. The third kappa shape index (κ3) is 22.5. The summed E-state index contributed by atoms with van der Waals surface area (Å²) in [5, 5.41) is 21.3. The molecule has 0 bridgehead atoms. The minimum Gasteiger partial charge on any atom is -0.492 e. The summed E-state index contributed by atoms with van der Waals surface area (Å²) in [7, 11) is 0. The van der Waals surface area contributed by atoms with Crippen LogP contribution in [0.2, 0.25) is 0 Å². The highest BCUT2D eigenvalue weighted by atomic mass is 16.6. The first-order chi connectivity index (χ1) is 46.1. The van der Waals surface area contributed by atoms with E-state index in [1.165, 1.54) is 0 Å². The lowest BCUT2D eigenvalue weighted by molar-refractivity contribution is -0.155. The van der Waals surface area contributed by atoms with Crippen molar-refractivity contribution in [2.24, 2.45) is 17.2 Å². The molecule has 8 amide bonds. The maximum Gasteiger partial charge on any atom is 0.407 e. The zero-order valence-electron chi connectivity index (χ0n) is 55.7. The summed E-state index contributed by atoms with van der Waals surface area (Å²) in [6, 6.07) is 40.8. The minimum absolute atomic E-state index is 0.0434. The Labute approximate surface area is 565 Å². The fraction of sp³-hybridized carbons (Fsp3) is 0.397. The van der Waals surface area contributed by atoms with Crippen molar-refractivity contribution in [3.05, 3.63) is 186 Å². The molecule has 0 spiro atoms. The van der Waals surface area contributed by atoms with E-state index in [2.05, 4.69) is 37.2 Å². The molecule has 6 aromatic rings. The van der Waals surface area contributed by atoms with Crippen molar-refractivity contribution in [2.75, 3.05) is 32.9 Å². The van der Waals surface area contributed by atoms with Gasteiger partial charge in [0.1, 0.15) is 59.0 Å². The summed E-state index contributed by atoms with van der Waals surface area (Å²) < 4.78 is 22.3. The first-order valence-electron chi connectivity index (χ1n) is 32.4. The van der Waals surface area contributed by atoms with Crippen molar-refractivity contribution in [1.29, 1.82) is 0 Å². The van der Waals surface area contributed by atoms with E-state index in [0.717, 1.165) is 33.0 Å². The van der Waals surface area contributed by atoms with Gasteiger partial charge in [0.05, 0.1) is 31.1 Å². The maximum atomic E-state index is 15.3. The van der Waals surface area contributed by atoms with Gasteiger partial charge in [-0.1, -0.05) is 146 Å². The van der Waals surface area contributed by atoms with Crippen LogP contribution < -0.4 is 59.2 Å². The van der Waals surface area contributed by atoms with E-state index in [9.17, 15) is 33.6 Å². The summed E-state index contributed by atoms with van der Waals surface area (Å²) in [5.74, 6) is -7.51. The number of carbonyl (C=O) groups is 10. The Bertz CT molecular complexity index is 3590. The van der Waals surface area contributed by atoms with Crippen molar-refractivity contribution < 1.29 is 66.9 Å². The Morgan fingerprint density at radius 2 is 1.09 bits per heavy atom. The van der Waals surface area contributed by atoms with Gasteiger partial charge in [-0.3, -0.25) is 48.5 Å². The van der Waals surface area contributed by atoms with E-state index in [-0.39, 0.29) is 52.0 Å². The number of carbonyl (C=O) groups excluding carboxylic acids is 10. The number of ether oxygens (including phenoxy) is 4. The standard InChI is InChI=1S/C73H90N10O14/c1-70(2,3)96-62(86)35-34-57(65(89)81-60(66(90)79-58(63(76)87)45-61(75)85)44-54(84)46-78-73(51-20-10-7-11-21-51,52-22-12-8-13-23-52)53-24-14-9-15-25-53)82-68(92)72(36-39-94-40-37-72)83-67(91)59(43-48-26-30-49-18-16-17-19-50(49)42-48)80-64(88)56(74)33-29-47-27-31-55(32-28-47)95-41-38-77-69(93)97-71(4,5)6/h7-28,30-32,42,56-60,78H,29,33-41,43-46,74H2,1-6H3,(H2,75,85)(H2,76,87)(H,77,93)(H,79,90)(H,80,88)(H,81,89)(H,82,92)(H,83,91)/t56-,57-,58-,59-,60-/m0/s1. The molecular formula is C73H90N10O14. The van der Waals surface area contributed by atoms with Crippen LogP contribution in [0.15, 0.2) is 158 Å². The van der Waals surface area contributed by atoms with Gasteiger partial charge in [-0.15, -0.1) is 0 Å². The SMILES string of the molecule is CC(C)(C)OC(=O)CC[C@H](NC(=O)C1(NC(=O)[C@H](Cc2ccc3ccccc3c2)NC(=O)[C@@H](N)CCc2ccc(OCCNC(=O)OC(C)(C)C)cc2)CCOCC1)C(=O)N[C@@H](CC(=O)CNC(c1ccccc1)(c1ccccc1)c1ccccc1)C(=O)N[C@@H](CC(N)=O)C(N)=O. The van der Waals surface area contributed by atoms with Gasteiger partial charge in [0.25, 0.3) is 0 Å². The van der Waals surface area contributed by atoms with Crippen LogP contribution in [0.3, 0.4) is 0 Å². The predicted molar refractivity (Wildman–Crippen MR) is 364 cm³/mol. The molecule has 1 saturated heterocycles. The number of nitrogens with two attached hydrogens (primary N) is 3. The molecule has 5 atom stereocenters. The lowest BCUT2D eigenvalue weighted by atomic mass is 9.77. The first kappa shape index (κ1) is 74.4. The average Bonchev–Trinajstić information content (AvgIpc) is 0.759. The van der Waals surface area contributed by atoms with Crippen molar-refractivity contribution in [3.8, 4) is 5.75 Å². The molecule has 516 valence electrons.